The number of esters is 1. The summed E-state index contributed by atoms with van der Waals surface area (Å²) in [6.45, 7) is 7.17. The van der Waals surface area contributed by atoms with E-state index >= 15 is 0 Å². The largest absolute Gasteiger partial charge is 0.464 e. The number of carbonyl (C=O) groups excluding carboxylic acids is 1. The van der Waals surface area contributed by atoms with E-state index in [0.29, 0.717) is 19.1 Å². The Balaban J connectivity index is 3.00. The molecule has 112 valence electrons. The molecule has 0 fully saturated rings. The van der Waals surface area contributed by atoms with E-state index in [1.165, 1.54) is 0 Å². The van der Waals surface area contributed by atoms with Gasteiger partial charge in [0.2, 0.25) is 0 Å². The Morgan fingerprint density at radius 1 is 1.30 bits per heavy atom. The van der Waals surface area contributed by atoms with Crippen molar-refractivity contribution in [3.8, 4) is 0 Å². The third kappa shape index (κ3) is 4.05. The van der Waals surface area contributed by atoms with Crippen LogP contribution in [0, 0.1) is 5.92 Å². The normalized spacial score (nSPS) is 14.1. The summed E-state index contributed by atoms with van der Waals surface area (Å²) in [4.78, 5) is 12.4. The van der Waals surface area contributed by atoms with Gasteiger partial charge in [0.1, 0.15) is 0 Å². The van der Waals surface area contributed by atoms with E-state index in [2.05, 4.69) is 19.2 Å². The molecular formula is C16H25NO3. The van der Waals surface area contributed by atoms with E-state index < -0.39 is 5.54 Å². The SMILES string of the molecule is CCOC(=O)C(COCC(C)C)(NC)c1ccccc1. The van der Waals surface area contributed by atoms with Crippen molar-refractivity contribution >= 4 is 5.97 Å². The van der Waals surface area contributed by atoms with Crippen molar-refractivity contribution in [1.82, 2.24) is 5.32 Å². The first-order chi connectivity index (χ1) is 9.56. The highest BCUT2D eigenvalue weighted by molar-refractivity contribution is 5.83. The van der Waals surface area contributed by atoms with Gasteiger partial charge in [0.15, 0.2) is 5.54 Å². The van der Waals surface area contributed by atoms with Crippen LogP contribution in [0.4, 0.5) is 0 Å². The van der Waals surface area contributed by atoms with Crippen molar-refractivity contribution in [2.75, 3.05) is 26.9 Å². The molecule has 4 heteroatoms. The monoisotopic (exact) mass is 279 g/mol. The first-order valence-corrected chi connectivity index (χ1v) is 7.06. The zero-order valence-electron chi connectivity index (χ0n) is 12.8. The second-order valence-corrected chi connectivity index (χ2v) is 5.15. The van der Waals surface area contributed by atoms with Crippen molar-refractivity contribution in [2.45, 2.75) is 26.3 Å². The zero-order valence-corrected chi connectivity index (χ0v) is 12.8. The van der Waals surface area contributed by atoms with Crippen LogP contribution < -0.4 is 5.32 Å². The van der Waals surface area contributed by atoms with E-state index in [4.69, 9.17) is 9.47 Å². The van der Waals surface area contributed by atoms with Gasteiger partial charge in [-0.3, -0.25) is 5.32 Å². The van der Waals surface area contributed by atoms with Crippen LogP contribution in [-0.4, -0.2) is 32.8 Å². The Morgan fingerprint density at radius 3 is 2.45 bits per heavy atom. The van der Waals surface area contributed by atoms with Crippen LogP contribution in [0.15, 0.2) is 30.3 Å². The molecule has 0 spiro atoms. The summed E-state index contributed by atoms with van der Waals surface area (Å²) in [5.41, 5.74) is -0.101. The minimum atomic E-state index is -0.952. The maximum Gasteiger partial charge on any atom is 0.333 e. The third-order valence-corrected chi connectivity index (χ3v) is 3.09. The van der Waals surface area contributed by atoms with Crippen molar-refractivity contribution in [3.63, 3.8) is 0 Å². The van der Waals surface area contributed by atoms with Gasteiger partial charge in [0.25, 0.3) is 0 Å². The molecule has 0 aliphatic heterocycles. The third-order valence-electron chi connectivity index (χ3n) is 3.09. The lowest BCUT2D eigenvalue weighted by molar-refractivity contribution is -0.154. The van der Waals surface area contributed by atoms with Crippen molar-refractivity contribution in [1.29, 1.82) is 0 Å². The van der Waals surface area contributed by atoms with E-state index in [9.17, 15) is 4.79 Å². The van der Waals surface area contributed by atoms with Gasteiger partial charge in [-0.15, -0.1) is 0 Å². The Kier molecular flexibility index (Phi) is 6.68. The van der Waals surface area contributed by atoms with Crippen LogP contribution in [0.3, 0.4) is 0 Å². The van der Waals surface area contributed by atoms with Gasteiger partial charge in [0.05, 0.1) is 13.2 Å². The minimum Gasteiger partial charge on any atom is -0.464 e. The topological polar surface area (TPSA) is 47.6 Å². The number of hydrogen-bond acceptors (Lipinski definition) is 4. The number of rotatable bonds is 8. The Hall–Kier alpha value is -1.39. The maximum absolute atomic E-state index is 12.4. The van der Waals surface area contributed by atoms with Crippen LogP contribution >= 0.6 is 0 Å². The fourth-order valence-corrected chi connectivity index (χ4v) is 2.00. The van der Waals surface area contributed by atoms with Crippen molar-refractivity contribution < 1.29 is 14.3 Å². The van der Waals surface area contributed by atoms with E-state index in [1.54, 1.807) is 14.0 Å². The van der Waals surface area contributed by atoms with E-state index in [-0.39, 0.29) is 12.6 Å². The molecule has 0 aliphatic carbocycles. The molecule has 1 rings (SSSR count). The van der Waals surface area contributed by atoms with Crippen LogP contribution in [0.25, 0.3) is 0 Å². The quantitative estimate of drug-likeness (QED) is 0.742. The second-order valence-electron chi connectivity index (χ2n) is 5.15. The highest BCUT2D eigenvalue weighted by Gasteiger charge is 2.40. The van der Waals surface area contributed by atoms with Crippen molar-refractivity contribution in [3.05, 3.63) is 35.9 Å². The number of nitrogens with one attached hydrogen (secondary N) is 1. The lowest BCUT2D eigenvalue weighted by atomic mass is 9.90. The lowest BCUT2D eigenvalue weighted by Gasteiger charge is -2.31. The second kappa shape index (κ2) is 8.02. The van der Waals surface area contributed by atoms with Gasteiger partial charge in [0, 0.05) is 6.61 Å². The molecular weight excluding hydrogens is 254 g/mol. The summed E-state index contributed by atoms with van der Waals surface area (Å²) in [6, 6.07) is 9.55. The molecule has 1 unspecified atom stereocenters. The van der Waals surface area contributed by atoms with Crippen LogP contribution in [-0.2, 0) is 19.8 Å². The molecule has 0 saturated carbocycles. The summed E-state index contributed by atoms with van der Waals surface area (Å²) in [5.74, 6) is 0.111. The number of benzene rings is 1. The first kappa shape index (κ1) is 16.7. The Morgan fingerprint density at radius 2 is 1.95 bits per heavy atom. The summed E-state index contributed by atoms with van der Waals surface area (Å²) in [7, 11) is 1.75. The average molecular weight is 279 g/mol. The molecule has 1 aromatic rings. The predicted molar refractivity (Wildman–Crippen MR) is 79.5 cm³/mol. The molecule has 0 bridgehead atoms. The molecule has 0 radical (unpaired) electrons. The molecule has 1 atom stereocenters. The molecule has 1 N–H and O–H groups in total. The van der Waals surface area contributed by atoms with Gasteiger partial charge in [-0.25, -0.2) is 4.79 Å². The highest BCUT2D eigenvalue weighted by Crippen LogP contribution is 2.23. The van der Waals surface area contributed by atoms with Gasteiger partial charge >= 0.3 is 5.97 Å². The smallest absolute Gasteiger partial charge is 0.333 e. The van der Waals surface area contributed by atoms with Gasteiger partial charge < -0.3 is 9.47 Å². The molecule has 20 heavy (non-hydrogen) atoms. The van der Waals surface area contributed by atoms with Gasteiger partial charge in [-0.1, -0.05) is 44.2 Å². The zero-order chi connectivity index (χ0) is 15.0. The summed E-state index contributed by atoms with van der Waals surface area (Å²) in [6.07, 6.45) is 0. The first-order valence-electron chi connectivity index (χ1n) is 7.06. The Bertz CT molecular complexity index is 405. The fourth-order valence-electron chi connectivity index (χ4n) is 2.00. The molecule has 4 nitrogen and oxygen atoms in total. The van der Waals surface area contributed by atoms with Crippen LogP contribution in [0.5, 0.6) is 0 Å². The molecule has 0 heterocycles. The maximum atomic E-state index is 12.4. The Labute approximate surface area is 121 Å². The summed E-state index contributed by atoms with van der Waals surface area (Å²) in [5, 5.41) is 3.09. The molecule has 0 saturated heterocycles. The molecule has 1 aromatic carbocycles. The summed E-state index contributed by atoms with van der Waals surface area (Å²) >= 11 is 0. The van der Waals surface area contributed by atoms with Crippen LogP contribution in [0.2, 0.25) is 0 Å². The fraction of sp³-hybridized carbons (Fsp3) is 0.562. The van der Waals surface area contributed by atoms with E-state index in [0.717, 1.165) is 5.56 Å². The van der Waals surface area contributed by atoms with E-state index in [1.807, 2.05) is 30.3 Å². The summed E-state index contributed by atoms with van der Waals surface area (Å²) < 4.78 is 10.9. The number of carbonyl (C=O) groups is 1. The number of hydrogen-bond donors (Lipinski definition) is 1. The van der Waals surface area contributed by atoms with Crippen molar-refractivity contribution in [2.24, 2.45) is 5.92 Å². The standard InChI is InChI=1S/C16H25NO3/c1-5-20-15(18)16(17-4,12-19-11-13(2)3)14-9-7-6-8-10-14/h6-10,13,17H,5,11-12H2,1-4H3. The molecule has 0 aromatic heterocycles. The predicted octanol–water partition coefficient (Wildman–Crippen LogP) is 2.34. The number of ether oxygens (including phenoxy) is 2. The molecule has 0 amide bonds. The lowest BCUT2D eigenvalue weighted by Crippen LogP contribution is -2.52. The molecule has 0 aliphatic rings. The highest BCUT2D eigenvalue weighted by atomic mass is 16.5. The minimum absolute atomic E-state index is 0.254. The van der Waals surface area contributed by atoms with Gasteiger partial charge in [-0.05, 0) is 25.5 Å². The van der Waals surface area contributed by atoms with Gasteiger partial charge in [-0.2, -0.15) is 0 Å². The average Bonchev–Trinajstić information content (AvgIpc) is 2.44. The number of likely N-dealkylation sites (N-methyl/N-ethyl adjacent to an activating group) is 1. The van der Waals surface area contributed by atoms with Crippen LogP contribution in [0.1, 0.15) is 26.3 Å².